The summed E-state index contributed by atoms with van der Waals surface area (Å²) >= 11 is 0. The molecule has 0 bridgehead atoms. The standard InChI is InChI=1S/C15H24N4O/c1-2-4-12-7-15(18-11-17-12)16-8-14-9-19-6-3-5-13(19)10-20-14/h7,11,13-14H,2-6,8-10H2,1H3,(H,16,17,18). The fourth-order valence-corrected chi connectivity index (χ4v) is 3.11. The molecular formula is C15H24N4O. The fraction of sp³-hybridized carbons (Fsp3) is 0.733. The molecule has 3 heterocycles. The molecule has 0 spiro atoms. The first-order chi connectivity index (χ1) is 9.85. The summed E-state index contributed by atoms with van der Waals surface area (Å²) in [6.45, 7) is 6.16. The van der Waals surface area contributed by atoms with Gasteiger partial charge in [0.1, 0.15) is 12.1 Å². The number of ether oxygens (including phenoxy) is 1. The Morgan fingerprint density at radius 1 is 1.45 bits per heavy atom. The van der Waals surface area contributed by atoms with E-state index in [0.717, 1.165) is 44.0 Å². The quantitative estimate of drug-likeness (QED) is 0.887. The lowest BCUT2D eigenvalue weighted by atomic mass is 10.2. The summed E-state index contributed by atoms with van der Waals surface area (Å²) in [5.74, 6) is 0.913. The van der Waals surface area contributed by atoms with Crippen LogP contribution in [0.4, 0.5) is 5.82 Å². The molecule has 5 heteroatoms. The van der Waals surface area contributed by atoms with E-state index < -0.39 is 0 Å². The van der Waals surface area contributed by atoms with Crippen LogP contribution in [0.1, 0.15) is 31.9 Å². The van der Waals surface area contributed by atoms with Gasteiger partial charge in [-0.25, -0.2) is 9.97 Å². The summed E-state index contributed by atoms with van der Waals surface area (Å²) in [5, 5.41) is 3.39. The van der Waals surface area contributed by atoms with E-state index in [4.69, 9.17) is 4.74 Å². The van der Waals surface area contributed by atoms with Crippen molar-refractivity contribution in [2.75, 3.05) is 31.6 Å². The molecule has 2 unspecified atom stereocenters. The minimum absolute atomic E-state index is 0.272. The van der Waals surface area contributed by atoms with Gasteiger partial charge >= 0.3 is 0 Å². The van der Waals surface area contributed by atoms with E-state index in [1.807, 2.05) is 6.07 Å². The van der Waals surface area contributed by atoms with Gasteiger partial charge in [-0.1, -0.05) is 13.3 Å². The predicted molar refractivity (Wildman–Crippen MR) is 78.9 cm³/mol. The van der Waals surface area contributed by atoms with Crippen LogP contribution in [-0.2, 0) is 11.2 Å². The Labute approximate surface area is 120 Å². The average Bonchev–Trinajstić information content (AvgIpc) is 2.93. The Morgan fingerprint density at radius 2 is 2.40 bits per heavy atom. The number of morpholine rings is 1. The van der Waals surface area contributed by atoms with E-state index in [0.29, 0.717) is 6.04 Å². The zero-order chi connectivity index (χ0) is 13.8. The van der Waals surface area contributed by atoms with Gasteiger partial charge in [-0.15, -0.1) is 0 Å². The van der Waals surface area contributed by atoms with Gasteiger partial charge < -0.3 is 10.1 Å². The van der Waals surface area contributed by atoms with Crippen molar-refractivity contribution in [2.45, 2.75) is 44.8 Å². The van der Waals surface area contributed by atoms with E-state index >= 15 is 0 Å². The van der Waals surface area contributed by atoms with Gasteiger partial charge in [0.05, 0.1) is 12.7 Å². The van der Waals surface area contributed by atoms with Crippen LogP contribution >= 0.6 is 0 Å². The van der Waals surface area contributed by atoms with Gasteiger partial charge in [-0.3, -0.25) is 4.90 Å². The average molecular weight is 276 g/mol. The van der Waals surface area contributed by atoms with Crippen LogP contribution < -0.4 is 5.32 Å². The zero-order valence-corrected chi connectivity index (χ0v) is 12.2. The summed E-state index contributed by atoms with van der Waals surface area (Å²) < 4.78 is 5.94. The zero-order valence-electron chi connectivity index (χ0n) is 12.2. The Balaban J connectivity index is 1.50. The van der Waals surface area contributed by atoms with Gasteiger partial charge in [0, 0.05) is 30.9 Å². The van der Waals surface area contributed by atoms with Crippen LogP contribution in [0, 0.1) is 0 Å². The molecule has 20 heavy (non-hydrogen) atoms. The number of hydrogen-bond donors (Lipinski definition) is 1. The Hall–Kier alpha value is -1.20. The van der Waals surface area contributed by atoms with Crippen molar-refractivity contribution in [1.29, 1.82) is 0 Å². The number of hydrogen-bond acceptors (Lipinski definition) is 5. The van der Waals surface area contributed by atoms with Gasteiger partial charge in [0.15, 0.2) is 0 Å². The van der Waals surface area contributed by atoms with Crippen molar-refractivity contribution < 1.29 is 4.74 Å². The van der Waals surface area contributed by atoms with Crippen LogP contribution in [0.15, 0.2) is 12.4 Å². The third-order valence-electron chi connectivity index (χ3n) is 4.20. The second-order valence-corrected chi connectivity index (χ2v) is 5.77. The monoisotopic (exact) mass is 276 g/mol. The molecule has 0 radical (unpaired) electrons. The minimum atomic E-state index is 0.272. The van der Waals surface area contributed by atoms with Gasteiger partial charge in [-0.05, 0) is 25.8 Å². The van der Waals surface area contributed by atoms with Crippen LogP contribution in [-0.4, -0.2) is 53.3 Å². The van der Waals surface area contributed by atoms with E-state index in [1.165, 1.54) is 19.4 Å². The highest BCUT2D eigenvalue weighted by molar-refractivity contribution is 5.35. The molecule has 0 aliphatic carbocycles. The molecule has 0 amide bonds. The lowest BCUT2D eigenvalue weighted by Crippen LogP contribution is -2.48. The van der Waals surface area contributed by atoms with E-state index in [9.17, 15) is 0 Å². The Kier molecular flexibility index (Phi) is 4.47. The highest BCUT2D eigenvalue weighted by atomic mass is 16.5. The van der Waals surface area contributed by atoms with Crippen molar-refractivity contribution in [3.8, 4) is 0 Å². The molecule has 5 nitrogen and oxygen atoms in total. The highest BCUT2D eigenvalue weighted by Crippen LogP contribution is 2.22. The second kappa shape index (κ2) is 6.50. The molecular weight excluding hydrogens is 252 g/mol. The lowest BCUT2D eigenvalue weighted by molar-refractivity contribution is -0.0416. The van der Waals surface area contributed by atoms with Gasteiger partial charge in [-0.2, -0.15) is 0 Å². The van der Waals surface area contributed by atoms with E-state index in [1.54, 1.807) is 6.33 Å². The van der Waals surface area contributed by atoms with Crippen molar-refractivity contribution in [1.82, 2.24) is 14.9 Å². The largest absolute Gasteiger partial charge is 0.373 e. The third kappa shape index (κ3) is 3.27. The topological polar surface area (TPSA) is 50.3 Å². The maximum atomic E-state index is 5.94. The predicted octanol–water partition coefficient (Wildman–Crippen LogP) is 1.70. The summed E-state index contributed by atoms with van der Waals surface area (Å²) in [6, 6.07) is 2.71. The molecule has 2 saturated heterocycles. The molecule has 2 aliphatic rings. The van der Waals surface area contributed by atoms with E-state index in [2.05, 4.69) is 27.1 Å². The maximum absolute atomic E-state index is 5.94. The molecule has 0 aromatic carbocycles. The number of aromatic nitrogens is 2. The number of nitrogens with one attached hydrogen (secondary N) is 1. The number of aryl methyl sites for hydroxylation is 1. The normalized spacial score (nSPS) is 26.4. The molecule has 1 N–H and O–H groups in total. The van der Waals surface area contributed by atoms with Crippen molar-refractivity contribution in [3.05, 3.63) is 18.1 Å². The summed E-state index contributed by atoms with van der Waals surface area (Å²) in [7, 11) is 0. The molecule has 110 valence electrons. The lowest BCUT2D eigenvalue weighted by Gasteiger charge is -2.35. The van der Waals surface area contributed by atoms with E-state index in [-0.39, 0.29) is 6.10 Å². The van der Waals surface area contributed by atoms with Crippen LogP contribution in [0.5, 0.6) is 0 Å². The van der Waals surface area contributed by atoms with Crippen molar-refractivity contribution in [3.63, 3.8) is 0 Å². The van der Waals surface area contributed by atoms with Crippen molar-refractivity contribution >= 4 is 5.82 Å². The number of rotatable bonds is 5. The minimum Gasteiger partial charge on any atom is -0.373 e. The first-order valence-electron chi connectivity index (χ1n) is 7.75. The first-order valence-corrected chi connectivity index (χ1v) is 7.75. The molecule has 3 rings (SSSR count). The molecule has 2 fully saturated rings. The summed E-state index contributed by atoms with van der Waals surface area (Å²) in [5.41, 5.74) is 1.11. The second-order valence-electron chi connectivity index (χ2n) is 5.77. The van der Waals surface area contributed by atoms with Gasteiger partial charge in [0.25, 0.3) is 0 Å². The number of anilines is 1. The Morgan fingerprint density at radius 3 is 3.30 bits per heavy atom. The molecule has 2 aliphatic heterocycles. The highest BCUT2D eigenvalue weighted by Gasteiger charge is 2.31. The number of nitrogens with zero attached hydrogens (tertiary/aromatic N) is 3. The fourth-order valence-electron chi connectivity index (χ4n) is 3.11. The van der Waals surface area contributed by atoms with Crippen LogP contribution in [0.2, 0.25) is 0 Å². The smallest absolute Gasteiger partial charge is 0.129 e. The molecule has 0 saturated carbocycles. The summed E-state index contributed by atoms with van der Waals surface area (Å²) in [4.78, 5) is 11.1. The maximum Gasteiger partial charge on any atom is 0.129 e. The van der Waals surface area contributed by atoms with Crippen molar-refractivity contribution in [2.24, 2.45) is 0 Å². The summed E-state index contributed by atoms with van der Waals surface area (Å²) in [6.07, 6.45) is 6.65. The molecule has 1 aromatic rings. The van der Waals surface area contributed by atoms with Crippen LogP contribution in [0.25, 0.3) is 0 Å². The van der Waals surface area contributed by atoms with Crippen LogP contribution in [0.3, 0.4) is 0 Å². The Bertz CT molecular complexity index is 440. The SMILES string of the molecule is CCCc1cc(NCC2CN3CCCC3CO2)ncn1. The van der Waals surface area contributed by atoms with Gasteiger partial charge in [0.2, 0.25) is 0 Å². The third-order valence-corrected chi connectivity index (χ3v) is 4.20. The first kappa shape index (κ1) is 13.8. The number of fused-ring (bicyclic) bond motifs is 1. The molecule has 1 aromatic heterocycles. The molecule has 2 atom stereocenters.